The molecule has 8 heteroatoms. The summed E-state index contributed by atoms with van der Waals surface area (Å²) in [4.78, 5) is 31.0. The maximum atomic E-state index is 13.7. The van der Waals surface area contributed by atoms with Crippen molar-refractivity contribution in [2.45, 2.75) is 12.5 Å². The minimum Gasteiger partial charge on any atom is -0.507 e. The van der Waals surface area contributed by atoms with Gasteiger partial charge in [0.25, 0.3) is 11.7 Å². The second-order valence-electron chi connectivity index (χ2n) is 8.53. The summed E-state index contributed by atoms with van der Waals surface area (Å²) in [5, 5.41) is 12.5. The molecule has 1 fully saturated rings. The van der Waals surface area contributed by atoms with Gasteiger partial charge in [0.05, 0.1) is 18.7 Å². The first-order valence-corrected chi connectivity index (χ1v) is 11.7. The zero-order valence-corrected chi connectivity index (χ0v) is 20.1. The predicted molar refractivity (Wildman–Crippen MR) is 135 cm³/mol. The van der Waals surface area contributed by atoms with Crippen molar-refractivity contribution in [1.29, 1.82) is 0 Å². The fraction of sp³-hybridized carbons (Fsp3) is 0.143. The number of ether oxygens (including phenoxy) is 1. The lowest BCUT2D eigenvalue weighted by molar-refractivity contribution is -0.139. The van der Waals surface area contributed by atoms with Crippen molar-refractivity contribution in [2.24, 2.45) is 0 Å². The van der Waals surface area contributed by atoms with Gasteiger partial charge in [-0.25, -0.2) is 4.39 Å². The van der Waals surface area contributed by atoms with Gasteiger partial charge in [0.2, 0.25) is 0 Å². The first-order chi connectivity index (χ1) is 17.4. The molecular weight excluding hydrogens is 483 g/mol. The zero-order chi connectivity index (χ0) is 25.4. The highest BCUT2D eigenvalue weighted by Crippen LogP contribution is 2.40. The number of nitrogens with one attached hydrogen (secondary N) is 1. The molecule has 5 rings (SSSR count). The third-order valence-electron chi connectivity index (χ3n) is 6.44. The molecule has 6 nitrogen and oxygen atoms in total. The number of ketones is 1. The van der Waals surface area contributed by atoms with Gasteiger partial charge in [0.1, 0.15) is 17.3 Å². The average molecular weight is 505 g/mol. The molecule has 3 aromatic carbocycles. The molecule has 1 aliphatic heterocycles. The maximum absolute atomic E-state index is 13.7. The Hall–Kier alpha value is -4.10. The summed E-state index contributed by atoms with van der Waals surface area (Å²) in [5.41, 5.74) is 2.70. The largest absolute Gasteiger partial charge is 0.507 e. The number of aromatic amines is 1. The van der Waals surface area contributed by atoms with Gasteiger partial charge >= 0.3 is 0 Å². The molecule has 4 aromatic rings. The van der Waals surface area contributed by atoms with Gasteiger partial charge in [0, 0.05) is 34.2 Å². The third-order valence-corrected chi connectivity index (χ3v) is 6.69. The highest BCUT2D eigenvalue weighted by molar-refractivity contribution is 6.46. The number of nitrogens with zero attached hydrogens (tertiary/aromatic N) is 1. The van der Waals surface area contributed by atoms with E-state index in [9.17, 15) is 19.1 Å². The number of methoxy groups -OCH3 is 1. The van der Waals surface area contributed by atoms with E-state index in [-0.39, 0.29) is 17.9 Å². The number of likely N-dealkylation sites (tertiary alicyclic amines) is 1. The van der Waals surface area contributed by atoms with Crippen LogP contribution in [0.5, 0.6) is 5.75 Å². The summed E-state index contributed by atoms with van der Waals surface area (Å²) >= 11 is 5.97. The molecule has 2 heterocycles. The number of halogens is 2. The van der Waals surface area contributed by atoms with Gasteiger partial charge in [-0.1, -0.05) is 23.7 Å². The third kappa shape index (κ3) is 4.22. The lowest BCUT2D eigenvalue weighted by atomic mass is 9.95. The number of rotatable bonds is 6. The van der Waals surface area contributed by atoms with Crippen molar-refractivity contribution in [1.82, 2.24) is 9.88 Å². The molecule has 1 aliphatic rings. The first-order valence-electron chi connectivity index (χ1n) is 11.3. The highest BCUT2D eigenvalue weighted by Gasteiger charge is 2.45. The standard InChI is InChI=1S/C28H22ClFN2O4/c1-36-21-10-11-23-22(14-21)18(15-31-23)12-13-32-25(16-4-8-20(30)9-5-16)24(27(34)28(32)35)26(33)17-2-6-19(29)7-3-17/h2-11,14-15,25,31,33H,12-13H2,1H3/t25-/m1/s1. The molecule has 0 spiro atoms. The second-order valence-corrected chi connectivity index (χ2v) is 8.96. The van der Waals surface area contributed by atoms with E-state index in [0.717, 1.165) is 16.5 Å². The summed E-state index contributed by atoms with van der Waals surface area (Å²) < 4.78 is 19.0. The summed E-state index contributed by atoms with van der Waals surface area (Å²) in [6.45, 7) is 0.203. The van der Waals surface area contributed by atoms with Crippen LogP contribution in [-0.4, -0.2) is 40.3 Å². The molecule has 182 valence electrons. The Morgan fingerprint density at radius 2 is 1.81 bits per heavy atom. The molecule has 0 bridgehead atoms. The number of carbonyl (C=O) groups is 2. The van der Waals surface area contributed by atoms with Crippen LogP contribution < -0.4 is 4.74 Å². The first kappa shape index (κ1) is 23.6. The Labute approximate surface area is 211 Å². The van der Waals surface area contributed by atoms with Gasteiger partial charge in [0.15, 0.2) is 0 Å². The smallest absolute Gasteiger partial charge is 0.295 e. The highest BCUT2D eigenvalue weighted by atomic mass is 35.5. The molecule has 0 aliphatic carbocycles. The number of benzene rings is 3. The van der Waals surface area contributed by atoms with Crippen LogP contribution in [0.15, 0.2) is 78.5 Å². The Balaban J connectivity index is 1.55. The predicted octanol–water partition coefficient (Wildman–Crippen LogP) is 5.63. The van der Waals surface area contributed by atoms with Gasteiger partial charge in [-0.3, -0.25) is 9.59 Å². The monoisotopic (exact) mass is 504 g/mol. The molecular formula is C28H22ClFN2O4. The van der Waals surface area contributed by atoms with E-state index >= 15 is 0 Å². The number of Topliss-reactive ketones (excluding diaryl/α,β-unsaturated/α-hetero) is 1. The average Bonchev–Trinajstić information content (AvgIpc) is 3.40. The molecule has 0 saturated carbocycles. The molecule has 1 aromatic heterocycles. The number of amides is 1. The van der Waals surface area contributed by atoms with Gasteiger partial charge in [-0.05, 0) is 72.1 Å². The fourth-order valence-electron chi connectivity index (χ4n) is 4.60. The maximum Gasteiger partial charge on any atom is 0.295 e. The molecule has 0 unspecified atom stereocenters. The minimum atomic E-state index is -0.874. The van der Waals surface area contributed by atoms with E-state index in [1.165, 1.54) is 29.2 Å². The Morgan fingerprint density at radius 3 is 2.50 bits per heavy atom. The van der Waals surface area contributed by atoms with E-state index in [0.29, 0.717) is 28.3 Å². The minimum absolute atomic E-state index is 0.0467. The molecule has 0 radical (unpaired) electrons. The molecule has 1 atom stereocenters. The van der Waals surface area contributed by atoms with Crippen molar-refractivity contribution in [2.75, 3.05) is 13.7 Å². The van der Waals surface area contributed by atoms with Crippen LogP contribution in [-0.2, 0) is 16.0 Å². The van der Waals surface area contributed by atoms with Crippen molar-refractivity contribution in [3.8, 4) is 5.75 Å². The molecule has 36 heavy (non-hydrogen) atoms. The summed E-state index contributed by atoms with van der Waals surface area (Å²) in [6.07, 6.45) is 2.31. The summed E-state index contributed by atoms with van der Waals surface area (Å²) in [5.74, 6) is -1.56. The van der Waals surface area contributed by atoms with Gasteiger partial charge in [-0.2, -0.15) is 0 Å². The number of aromatic nitrogens is 1. The number of hydrogen-bond donors (Lipinski definition) is 2. The fourth-order valence-corrected chi connectivity index (χ4v) is 4.72. The van der Waals surface area contributed by atoms with E-state index in [4.69, 9.17) is 16.3 Å². The van der Waals surface area contributed by atoms with Crippen LogP contribution >= 0.6 is 11.6 Å². The number of fused-ring (bicyclic) bond motifs is 1. The zero-order valence-electron chi connectivity index (χ0n) is 19.3. The normalized spacial score (nSPS) is 17.2. The molecule has 1 amide bonds. The van der Waals surface area contributed by atoms with Crippen LogP contribution in [0.25, 0.3) is 16.7 Å². The van der Waals surface area contributed by atoms with Crippen molar-refractivity contribution < 1.29 is 23.8 Å². The Bertz CT molecular complexity index is 1490. The summed E-state index contributed by atoms with van der Waals surface area (Å²) in [6, 6.07) is 16.7. The Kier molecular flexibility index (Phi) is 6.24. The lowest BCUT2D eigenvalue weighted by Crippen LogP contribution is -2.31. The SMILES string of the molecule is COc1ccc2[nH]cc(CCN3C(=O)C(=O)C(=C(O)c4ccc(Cl)cc4)[C@H]3c3ccc(F)cc3)c2c1. The molecule has 1 saturated heterocycles. The second kappa shape index (κ2) is 9.51. The number of H-pyrrole nitrogens is 1. The number of aliphatic hydroxyl groups is 1. The quantitative estimate of drug-likeness (QED) is 0.202. The number of aliphatic hydroxyl groups excluding tert-OH is 1. The Morgan fingerprint density at radius 1 is 1.08 bits per heavy atom. The van der Waals surface area contributed by atoms with Crippen molar-refractivity contribution >= 4 is 40.0 Å². The van der Waals surface area contributed by atoms with E-state index < -0.39 is 23.5 Å². The van der Waals surface area contributed by atoms with Crippen LogP contribution in [0.1, 0.15) is 22.7 Å². The van der Waals surface area contributed by atoms with E-state index in [1.807, 2.05) is 24.4 Å². The van der Waals surface area contributed by atoms with Crippen molar-refractivity contribution in [3.63, 3.8) is 0 Å². The topological polar surface area (TPSA) is 82.6 Å². The van der Waals surface area contributed by atoms with Gasteiger partial charge in [-0.15, -0.1) is 0 Å². The van der Waals surface area contributed by atoms with Gasteiger partial charge < -0.3 is 19.7 Å². The number of hydrogen-bond acceptors (Lipinski definition) is 4. The van der Waals surface area contributed by atoms with Crippen molar-refractivity contribution in [3.05, 3.63) is 106 Å². The van der Waals surface area contributed by atoms with Crippen LogP contribution in [0.4, 0.5) is 4.39 Å². The lowest BCUT2D eigenvalue weighted by Gasteiger charge is -2.25. The number of carbonyl (C=O) groups excluding carboxylic acids is 2. The van der Waals surface area contributed by atoms with E-state index in [2.05, 4.69) is 4.98 Å². The van der Waals surface area contributed by atoms with Crippen LogP contribution in [0, 0.1) is 5.82 Å². The van der Waals surface area contributed by atoms with Crippen LogP contribution in [0.2, 0.25) is 5.02 Å². The van der Waals surface area contributed by atoms with E-state index in [1.54, 1.807) is 31.4 Å². The molecule has 2 N–H and O–H groups in total. The van der Waals surface area contributed by atoms with Crippen LogP contribution in [0.3, 0.4) is 0 Å². The summed E-state index contributed by atoms with van der Waals surface area (Å²) in [7, 11) is 1.59.